The van der Waals surface area contributed by atoms with Gasteiger partial charge >= 0.3 is 0 Å². The highest BCUT2D eigenvalue weighted by molar-refractivity contribution is 5.86. The molecule has 0 bridgehead atoms. The van der Waals surface area contributed by atoms with Gasteiger partial charge in [-0.1, -0.05) is 6.58 Å². The maximum Gasteiger partial charge on any atom is 0.243 e. The first-order valence-corrected chi connectivity index (χ1v) is 4.96. The molecule has 0 aromatic carbocycles. The SMILES string of the molecule is C=CC(=O)NCC(C)N1CCOCC1. The lowest BCUT2D eigenvalue weighted by Crippen LogP contribution is -2.47. The maximum atomic E-state index is 10.9. The zero-order valence-corrected chi connectivity index (χ0v) is 8.66. The van der Waals surface area contributed by atoms with Crippen molar-refractivity contribution in [2.75, 3.05) is 32.8 Å². The molecule has 1 rings (SSSR count). The molecule has 0 aliphatic carbocycles. The predicted octanol–water partition coefficient (Wildman–Crippen LogP) is 0.00930. The van der Waals surface area contributed by atoms with Crippen molar-refractivity contribution in [1.82, 2.24) is 10.2 Å². The fourth-order valence-corrected chi connectivity index (χ4v) is 1.47. The lowest BCUT2D eigenvalue weighted by Gasteiger charge is -2.32. The minimum absolute atomic E-state index is 0.106. The number of ether oxygens (including phenoxy) is 1. The van der Waals surface area contributed by atoms with Gasteiger partial charge in [0.05, 0.1) is 13.2 Å². The molecule has 1 aliphatic rings. The largest absolute Gasteiger partial charge is 0.379 e. The van der Waals surface area contributed by atoms with Gasteiger partial charge in [-0.05, 0) is 13.0 Å². The van der Waals surface area contributed by atoms with Crippen molar-refractivity contribution in [3.05, 3.63) is 12.7 Å². The van der Waals surface area contributed by atoms with Crippen LogP contribution in [0.15, 0.2) is 12.7 Å². The molecule has 1 N–H and O–H groups in total. The topological polar surface area (TPSA) is 41.6 Å². The van der Waals surface area contributed by atoms with E-state index in [1.807, 2.05) is 0 Å². The molecule has 1 amide bonds. The minimum Gasteiger partial charge on any atom is -0.379 e. The zero-order chi connectivity index (χ0) is 10.4. The molecule has 1 atom stereocenters. The summed E-state index contributed by atoms with van der Waals surface area (Å²) in [6, 6.07) is 0.364. The molecule has 4 heteroatoms. The molecule has 0 spiro atoms. The number of morpholine rings is 1. The summed E-state index contributed by atoms with van der Waals surface area (Å²) in [6.07, 6.45) is 1.30. The average Bonchev–Trinajstić information content (AvgIpc) is 2.26. The number of nitrogens with one attached hydrogen (secondary N) is 1. The number of carbonyl (C=O) groups is 1. The van der Waals surface area contributed by atoms with Gasteiger partial charge in [-0.25, -0.2) is 0 Å². The third kappa shape index (κ3) is 3.47. The van der Waals surface area contributed by atoms with Crippen LogP contribution in [0.5, 0.6) is 0 Å². The van der Waals surface area contributed by atoms with E-state index in [1.165, 1.54) is 6.08 Å². The number of carbonyl (C=O) groups excluding carboxylic acids is 1. The van der Waals surface area contributed by atoms with Crippen molar-refractivity contribution in [3.63, 3.8) is 0 Å². The summed E-state index contributed by atoms with van der Waals surface area (Å²) < 4.78 is 5.25. The molecule has 4 nitrogen and oxygen atoms in total. The molecule has 1 fully saturated rings. The Labute approximate surface area is 84.9 Å². The summed E-state index contributed by atoms with van der Waals surface area (Å²) in [5, 5.41) is 2.79. The van der Waals surface area contributed by atoms with Crippen LogP contribution in [-0.2, 0) is 9.53 Å². The van der Waals surface area contributed by atoms with E-state index in [1.54, 1.807) is 0 Å². The number of nitrogens with zero attached hydrogens (tertiary/aromatic N) is 1. The Morgan fingerprint density at radius 3 is 2.86 bits per heavy atom. The second kappa shape index (κ2) is 5.78. The monoisotopic (exact) mass is 198 g/mol. The van der Waals surface area contributed by atoms with Gasteiger partial charge in [0.15, 0.2) is 0 Å². The van der Waals surface area contributed by atoms with Crippen LogP contribution in [0.2, 0.25) is 0 Å². The van der Waals surface area contributed by atoms with Gasteiger partial charge < -0.3 is 10.1 Å². The van der Waals surface area contributed by atoms with E-state index in [0.717, 1.165) is 26.3 Å². The van der Waals surface area contributed by atoms with Gasteiger partial charge in [-0.3, -0.25) is 9.69 Å². The Hall–Kier alpha value is -0.870. The average molecular weight is 198 g/mol. The van der Waals surface area contributed by atoms with E-state index in [0.29, 0.717) is 12.6 Å². The van der Waals surface area contributed by atoms with Crippen molar-refractivity contribution in [3.8, 4) is 0 Å². The molecular weight excluding hydrogens is 180 g/mol. The standard InChI is InChI=1S/C10H18N2O2/c1-3-10(13)11-8-9(2)12-4-6-14-7-5-12/h3,9H,1,4-8H2,2H3,(H,11,13). The predicted molar refractivity (Wildman–Crippen MR) is 55.1 cm³/mol. The molecule has 1 heterocycles. The smallest absolute Gasteiger partial charge is 0.243 e. The summed E-state index contributed by atoms with van der Waals surface area (Å²) in [6.45, 7) is 9.66. The normalized spacial score (nSPS) is 20.1. The van der Waals surface area contributed by atoms with E-state index >= 15 is 0 Å². The maximum absolute atomic E-state index is 10.9. The van der Waals surface area contributed by atoms with Crippen LogP contribution in [0.4, 0.5) is 0 Å². The quantitative estimate of drug-likeness (QED) is 0.647. The number of hydrogen-bond acceptors (Lipinski definition) is 3. The summed E-state index contributed by atoms with van der Waals surface area (Å²) in [7, 11) is 0. The first-order valence-electron chi connectivity index (χ1n) is 4.96. The Balaban J connectivity index is 2.22. The Kier molecular flexibility index (Phi) is 4.62. The van der Waals surface area contributed by atoms with E-state index in [9.17, 15) is 4.79 Å². The summed E-state index contributed by atoms with van der Waals surface area (Å²) in [5.74, 6) is -0.106. The van der Waals surface area contributed by atoms with Gasteiger partial charge in [0.2, 0.25) is 5.91 Å². The van der Waals surface area contributed by atoms with Gasteiger partial charge in [0.25, 0.3) is 0 Å². The van der Waals surface area contributed by atoms with Gasteiger partial charge in [0.1, 0.15) is 0 Å². The van der Waals surface area contributed by atoms with Crippen molar-refractivity contribution in [2.45, 2.75) is 13.0 Å². The minimum atomic E-state index is -0.106. The van der Waals surface area contributed by atoms with Gasteiger partial charge in [-0.2, -0.15) is 0 Å². The van der Waals surface area contributed by atoms with Crippen LogP contribution >= 0.6 is 0 Å². The van der Waals surface area contributed by atoms with Crippen LogP contribution in [-0.4, -0.2) is 49.7 Å². The Bertz CT molecular complexity index is 200. The van der Waals surface area contributed by atoms with Gasteiger partial charge in [0, 0.05) is 25.7 Å². The second-order valence-electron chi connectivity index (χ2n) is 3.45. The molecule has 1 saturated heterocycles. The van der Waals surface area contributed by atoms with Crippen LogP contribution in [0.3, 0.4) is 0 Å². The molecule has 0 aromatic rings. The van der Waals surface area contributed by atoms with Crippen LogP contribution in [0.25, 0.3) is 0 Å². The molecule has 14 heavy (non-hydrogen) atoms. The van der Waals surface area contributed by atoms with Crippen molar-refractivity contribution < 1.29 is 9.53 Å². The lowest BCUT2D eigenvalue weighted by atomic mass is 10.2. The first kappa shape index (κ1) is 11.2. The molecule has 0 saturated carbocycles. The van der Waals surface area contributed by atoms with Crippen LogP contribution in [0.1, 0.15) is 6.92 Å². The van der Waals surface area contributed by atoms with Crippen molar-refractivity contribution in [1.29, 1.82) is 0 Å². The molecule has 0 radical (unpaired) electrons. The number of hydrogen-bond donors (Lipinski definition) is 1. The third-order valence-corrected chi connectivity index (χ3v) is 2.43. The van der Waals surface area contributed by atoms with Crippen LogP contribution < -0.4 is 5.32 Å². The van der Waals surface area contributed by atoms with E-state index < -0.39 is 0 Å². The molecule has 80 valence electrons. The highest BCUT2D eigenvalue weighted by atomic mass is 16.5. The zero-order valence-electron chi connectivity index (χ0n) is 8.66. The molecular formula is C10H18N2O2. The molecule has 1 unspecified atom stereocenters. The Morgan fingerprint density at radius 1 is 1.64 bits per heavy atom. The van der Waals surface area contributed by atoms with Crippen molar-refractivity contribution in [2.24, 2.45) is 0 Å². The van der Waals surface area contributed by atoms with Crippen LogP contribution in [0, 0.1) is 0 Å². The second-order valence-corrected chi connectivity index (χ2v) is 3.45. The third-order valence-electron chi connectivity index (χ3n) is 2.43. The highest BCUT2D eigenvalue weighted by Crippen LogP contribution is 2.02. The molecule has 0 aromatic heterocycles. The summed E-state index contributed by atoms with van der Waals surface area (Å²) in [5.41, 5.74) is 0. The lowest BCUT2D eigenvalue weighted by molar-refractivity contribution is -0.116. The fraction of sp³-hybridized carbons (Fsp3) is 0.700. The number of amides is 1. The van der Waals surface area contributed by atoms with E-state index in [4.69, 9.17) is 4.74 Å². The Morgan fingerprint density at radius 2 is 2.29 bits per heavy atom. The van der Waals surface area contributed by atoms with Gasteiger partial charge in [-0.15, -0.1) is 0 Å². The van der Waals surface area contributed by atoms with Crippen molar-refractivity contribution >= 4 is 5.91 Å². The highest BCUT2D eigenvalue weighted by Gasteiger charge is 2.16. The summed E-state index contributed by atoms with van der Waals surface area (Å²) in [4.78, 5) is 13.2. The first-order chi connectivity index (χ1) is 6.74. The number of rotatable bonds is 4. The fourth-order valence-electron chi connectivity index (χ4n) is 1.47. The summed E-state index contributed by atoms with van der Waals surface area (Å²) >= 11 is 0. The van der Waals surface area contributed by atoms with E-state index in [2.05, 4.69) is 23.7 Å². The van der Waals surface area contributed by atoms with E-state index in [-0.39, 0.29) is 5.91 Å². The molecule has 1 aliphatic heterocycles.